The number of hydrogen-bond donors (Lipinski definition) is 0. The number of carbonyl (C=O) groups excluding carboxylic acids is 2. The number of benzene rings is 2. The molecular weight excluding hydrogens is 266 g/mol. The van der Waals surface area contributed by atoms with Crippen molar-refractivity contribution in [1.29, 1.82) is 0 Å². The fourth-order valence-electron chi connectivity index (χ4n) is 1.69. The lowest BCUT2D eigenvalue weighted by atomic mass is 10.1. The summed E-state index contributed by atoms with van der Waals surface area (Å²) < 4.78 is 4.66. The molecule has 0 saturated carbocycles. The smallest absolute Gasteiger partial charge is 0.337 e. The lowest BCUT2D eigenvalue weighted by Gasteiger charge is -2.01. The molecule has 0 atom stereocenters. The van der Waals surface area contributed by atoms with E-state index in [4.69, 9.17) is 0 Å². The van der Waals surface area contributed by atoms with E-state index in [9.17, 15) is 9.59 Å². The van der Waals surface area contributed by atoms with Crippen LogP contribution in [0, 0.1) is 11.8 Å². The van der Waals surface area contributed by atoms with Crippen LogP contribution in [-0.2, 0) is 9.53 Å². The quantitative estimate of drug-likeness (QED) is 0.367. The molecule has 0 radical (unpaired) electrons. The van der Waals surface area contributed by atoms with Gasteiger partial charge in [-0.1, -0.05) is 30.0 Å². The van der Waals surface area contributed by atoms with Crippen LogP contribution in [0.15, 0.2) is 53.5 Å². The second kappa shape index (κ2) is 6.85. The second-order valence-electron chi connectivity index (χ2n) is 4.04. The molecule has 0 aliphatic heterocycles. The molecule has 0 aliphatic rings. The lowest BCUT2D eigenvalue weighted by Crippen LogP contribution is -2.01. The van der Waals surface area contributed by atoms with Crippen molar-refractivity contribution in [3.05, 3.63) is 65.2 Å². The molecule has 0 heterocycles. The van der Waals surface area contributed by atoms with Gasteiger partial charge in [0.25, 0.3) is 0 Å². The van der Waals surface area contributed by atoms with Gasteiger partial charge in [-0.25, -0.2) is 9.59 Å². The topological polar surface area (TPSA) is 55.7 Å². The summed E-state index contributed by atoms with van der Waals surface area (Å²) in [5, 5.41) is 0. The van der Waals surface area contributed by atoms with Crippen LogP contribution >= 0.6 is 0 Å². The summed E-state index contributed by atoms with van der Waals surface area (Å²) in [6.45, 7) is 0. The van der Waals surface area contributed by atoms with Gasteiger partial charge in [-0.2, -0.15) is 4.99 Å². The molecule has 0 aromatic heterocycles. The third kappa shape index (κ3) is 3.66. The van der Waals surface area contributed by atoms with Gasteiger partial charge in [0.1, 0.15) is 0 Å². The molecule has 2 rings (SSSR count). The number of esters is 1. The van der Waals surface area contributed by atoms with Gasteiger partial charge in [0.2, 0.25) is 6.08 Å². The van der Waals surface area contributed by atoms with E-state index in [2.05, 4.69) is 21.6 Å². The molecule has 2 aromatic carbocycles. The number of methoxy groups -OCH3 is 1. The van der Waals surface area contributed by atoms with E-state index in [0.29, 0.717) is 16.8 Å². The summed E-state index contributed by atoms with van der Waals surface area (Å²) in [5.41, 5.74) is 1.99. The zero-order valence-electron chi connectivity index (χ0n) is 11.3. The first-order valence-electron chi connectivity index (χ1n) is 6.12. The van der Waals surface area contributed by atoms with Crippen LogP contribution in [0.4, 0.5) is 5.69 Å². The Balaban J connectivity index is 2.47. The van der Waals surface area contributed by atoms with Gasteiger partial charge in [0.15, 0.2) is 0 Å². The molecule has 0 aliphatic carbocycles. The van der Waals surface area contributed by atoms with Crippen molar-refractivity contribution in [1.82, 2.24) is 0 Å². The van der Waals surface area contributed by atoms with Crippen molar-refractivity contribution < 1.29 is 14.3 Å². The van der Waals surface area contributed by atoms with Gasteiger partial charge in [-0.3, -0.25) is 0 Å². The van der Waals surface area contributed by atoms with Crippen LogP contribution in [0.1, 0.15) is 21.5 Å². The minimum atomic E-state index is -0.473. The molecule has 2 aromatic rings. The summed E-state index contributed by atoms with van der Waals surface area (Å²) >= 11 is 0. The second-order valence-corrected chi connectivity index (χ2v) is 4.04. The Labute approximate surface area is 122 Å². The monoisotopic (exact) mass is 277 g/mol. The van der Waals surface area contributed by atoms with Crippen LogP contribution in [0.25, 0.3) is 0 Å². The Morgan fingerprint density at radius 2 is 1.86 bits per heavy atom. The third-order valence-corrected chi connectivity index (χ3v) is 2.70. The van der Waals surface area contributed by atoms with E-state index in [0.717, 1.165) is 5.56 Å². The SMILES string of the molecule is COC(=O)c1ccc(N=C=O)c(C#Cc2ccccc2)c1. The predicted octanol–water partition coefficient (Wildman–Crippen LogP) is 2.84. The molecule has 4 nitrogen and oxygen atoms in total. The molecule has 102 valence electrons. The van der Waals surface area contributed by atoms with Crippen molar-refractivity contribution in [3.8, 4) is 11.8 Å². The maximum Gasteiger partial charge on any atom is 0.337 e. The minimum Gasteiger partial charge on any atom is -0.465 e. The minimum absolute atomic E-state index is 0.347. The summed E-state index contributed by atoms with van der Waals surface area (Å²) in [5.74, 6) is 5.38. The highest BCUT2D eigenvalue weighted by molar-refractivity contribution is 5.90. The summed E-state index contributed by atoms with van der Waals surface area (Å²) in [4.78, 5) is 25.6. The Bertz CT molecular complexity index is 764. The molecule has 21 heavy (non-hydrogen) atoms. The van der Waals surface area contributed by atoms with Crippen LogP contribution < -0.4 is 0 Å². The molecule has 0 N–H and O–H groups in total. The van der Waals surface area contributed by atoms with Crippen molar-refractivity contribution in [2.45, 2.75) is 0 Å². The summed E-state index contributed by atoms with van der Waals surface area (Å²) in [6.07, 6.45) is 1.48. The first-order valence-corrected chi connectivity index (χ1v) is 6.12. The fourth-order valence-corrected chi connectivity index (χ4v) is 1.69. The zero-order chi connectivity index (χ0) is 15.1. The van der Waals surface area contributed by atoms with Crippen molar-refractivity contribution in [3.63, 3.8) is 0 Å². The molecule has 0 fully saturated rings. The van der Waals surface area contributed by atoms with Gasteiger partial charge < -0.3 is 4.74 Å². The Kier molecular flexibility index (Phi) is 4.66. The van der Waals surface area contributed by atoms with Crippen LogP contribution in [0.3, 0.4) is 0 Å². The predicted molar refractivity (Wildman–Crippen MR) is 78.0 cm³/mol. The van der Waals surface area contributed by atoms with Crippen molar-refractivity contribution in [2.24, 2.45) is 4.99 Å². The normalized spacial score (nSPS) is 9.00. The average molecular weight is 277 g/mol. The number of hydrogen-bond acceptors (Lipinski definition) is 4. The van der Waals surface area contributed by atoms with Crippen LogP contribution in [-0.4, -0.2) is 19.2 Å². The van der Waals surface area contributed by atoms with Gasteiger partial charge in [0, 0.05) is 5.56 Å². The third-order valence-electron chi connectivity index (χ3n) is 2.70. The molecular formula is C17H11NO3. The Morgan fingerprint density at radius 1 is 1.10 bits per heavy atom. The summed E-state index contributed by atoms with van der Waals surface area (Å²) in [6, 6.07) is 14.0. The van der Waals surface area contributed by atoms with E-state index >= 15 is 0 Å². The highest BCUT2D eigenvalue weighted by Crippen LogP contribution is 2.20. The first kappa shape index (κ1) is 14.3. The number of isocyanates is 1. The maximum atomic E-state index is 11.5. The largest absolute Gasteiger partial charge is 0.465 e. The Morgan fingerprint density at radius 3 is 2.52 bits per heavy atom. The van der Waals surface area contributed by atoms with Gasteiger partial charge in [0.05, 0.1) is 23.9 Å². The van der Waals surface area contributed by atoms with E-state index in [-0.39, 0.29) is 0 Å². The van der Waals surface area contributed by atoms with Gasteiger partial charge in [-0.05, 0) is 30.3 Å². The van der Waals surface area contributed by atoms with Crippen molar-refractivity contribution >= 4 is 17.7 Å². The maximum absolute atomic E-state index is 11.5. The van der Waals surface area contributed by atoms with Crippen molar-refractivity contribution in [2.75, 3.05) is 7.11 Å². The Hall–Kier alpha value is -3.15. The van der Waals surface area contributed by atoms with E-state index in [1.807, 2.05) is 30.3 Å². The number of ether oxygens (including phenoxy) is 1. The standard InChI is InChI=1S/C17H11NO3/c1-21-17(20)15-9-10-16(18-12-19)14(11-15)8-7-13-5-3-2-4-6-13/h2-6,9-11H,1H3. The highest BCUT2D eigenvalue weighted by atomic mass is 16.5. The zero-order valence-corrected chi connectivity index (χ0v) is 11.3. The molecule has 0 saturated heterocycles. The number of rotatable bonds is 2. The number of nitrogens with zero attached hydrogens (tertiary/aromatic N) is 1. The first-order chi connectivity index (χ1) is 10.2. The molecule has 4 heteroatoms. The number of aliphatic imine (C=N–C) groups is 1. The molecule has 0 amide bonds. The van der Waals surface area contributed by atoms with Crippen LogP contribution in [0.2, 0.25) is 0 Å². The molecule has 0 spiro atoms. The molecule has 0 unspecified atom stereocenters. The lowest BCUT2D eigenvalue weighted by molar-refractivity contribution is 0.0600. The number of carbonyl (C=O) groups is 1. The van der Waals surface area contributed by atoms with E-state index in [1.54, 1.807) is 0 Å². The van der Waals surface area contributed by atoms with Gasteiger partial charge >= 0.3 is 5.97 Å². The van der Waals surface area contributed by atoms with E-state index in [1.165, 1.54) is 31.4 Å². The fraction of sp³-hybridized carbons (Fsp3) is 0.0588. The van der Waals surface area contributed by atoms with Gasteiger partial charge in [-0.15, -0.1) is 0 Å². The summed E-state index contributed by atoms with van der Waals surface area (Å²) in [7, 11) is 1.30. The highest BCUT2D eigenvalue weighted by Gasteiger charge is 2.08. The van der Waals surface area contributed by atoms with Crippen LogP contribution in [0.5, 0.6) is 0 Å². The van der Waals surface area contributed by atoms with E-state index < -0.39 is 5.97 Å². The molecule has 0 bridgehead atoms. The average Bonchev–Trinajstić information content (AvgIpc) is 2.54.